The van der Waals surface area contributed by atoms with E-state index in [1.54, 1.807) is 18.3 Å². The Morgan fingerprint density at radius 1 is 0.833 bits per heavy atom. The SMILES string of the molecule is Fc1ccc(-c2[nH]c(-c3ccccc3)cc2-c2ccncn2)cc1. The van der Waals surface area contributed by atoms with Crippen LogP contribution in [-0.4, -0.2) is 15.0 Å². The Hall–Kier alpha value is -3.27. The minimum atomic E-state index is -0.253. The van der Waals surface area contributed by atoms with E-state index in [0.29, 0.717) is 0 Å². The lowest BCUT2D eigenvalue weighted by molar-refractivity contribution is 0.628. The van der Waals surface area contributed by atoms with Crippen molar-refractivity contribution in [2.75, 3.05) is 0 Å². The first kappa shape index (κ1) is 14.3. The molecule has 4 rings (SSSR count). The number of halogens is 1. The molecule has 0 saturated heterocycles. The lowest BCUT2D eigenvalue weighted by Crippen LogP contribution is -1.86. The molecule has 2 heterocycles. The first-order valence-electron chi connectivity index (χ1n) is 7.62. The molecule has 4 heteroatoms. The van der Waals surface area contributed by atoms with Gasteiger partial charge in [-0.1, -0.05) is 30.3 Å². The lowest BCUT2D eigenvalue weighted by atomic mass is 10.1. The Balaban J connectivity index is 1.90. The molecule has 0 saturated carbocycles. The summed E-state index contributed by atoms with van der Waals surface area (Å²) < 4.78 is 13.3. The van der Waals surface area contributed by atoms with E-state index in [2.05, 4.69) is 21.0 Å². The fourth-order valence-corrected chi connectivity index (χ4v) is 2.72. The molecule has 0 fully saturated rings. The quantitative estimate of drug-likeness (QED) is 0.581. The standard InChI is InChI=1S/C20H14FN3/c21-16-8-6-15(7-9-16)20-17(18-10-11-22-13-23-18)12-19(24-20)14-4-2-1-3-5-14/h1-13,24H. The predicted octanol–water partition coefficient (Wildman–Crippen LogP) is 4.94. The molecule has 2 aromatic heterocycles. The highest BCUT2D eigenvalue weighted by atomic mass is 19.1. The van der Waals surface area contributed by atoms with E-state index in [1.807, 2.05) is 36.4 Å². The molecular weight excluding hydrogens is 301 g/mol. The fourth-order valence-electron chi connectivity index (χ4n) is 2.72. The van der Waals surface area contributed by atoms with Gasteiger partial charge in [-0.3, -0.25) is 0 Å². The van der Waals surface area contributed by atoms with Crippen LogP contribution >= 0.6 is 0 Å². The summed E-state index contributed by atoms with van der Waals surface area (Å²) in [4.78, 5) is 11.8. The van der Waals surface area contributed by atoms with Crippen LogP contribution < -0.4 is 0 Å². The number of aromatic nitrogens is 3. The number of nitrogens with zero attached hydrogens (tertiary/aromatic N) is 2. The Bertz CT molecular complexity index is 945. The maximum absolute atomic E-state index is 13.3. The average Bonchev–Trinajstić information content (AvgIpc) is 3.09. The number of hydrogen-bond acceptors (Lipinski definition) is 2. The lowest BCUT2D eigenvalue weighted by Gasteiger charge is -2.03. The van der Waals surface area contributed by atoms with Gasteiger partial charge in [-0.05, 0) is 47.5 Å². The topological polar surface area (TPSA) is 41.6 Å². The van der Waals surface area contributed by atoms with Gasteiger partial charge in [0.25, 0.3) is 0 Å². The van der Waals surface area contributed by atoms with Gasteiger partial charge in [-0.2, -0.15) is 0 Å². The van der Waals surface area contributed by atoms with Gasteiger partial charge in [-0.25, -0.2) is 14.4 Å². The summed E-state index contributed by atoms with van der Waals surface area (Å²) in [6, 6.07) is 20.5. The molecule has 116 valence electrons. The molecule has 0 bridgehead atoms. The van der Waals surface area contributed by atoms with Crippen LogP contribution in [0.2, 0.25) is 0 Å². The first-order chi connectivity index (χ1) is 11.8. The van der Waals surface area contributed by atoms with Crippen molar-refractivity contribution < 1.29 is 4.39 Å². The molecule has 0 amide bonds. The van der Waals surface area contributed by atoms with Gasteiger partial charge in [0.1, 0.15) is 12.1 Å². The maximum atomic E-state index is 13.3. The zero-order valence-electron chi connectivity index (χ0n) is 12.8. The van der Waals surface area contributed by atoms with Gasteiger partial charge in [0.15, 0.2) is 0 Å². The summed E-state index contributed by atoms with van der Waals surface area (Å²) in [7, 11) is 0. The van der Waals surface area contributed by atoms with Crippen molar-refractivity contribution in [3.63, 3.8) is 0 Å². The number of H-pyrrole nitrogens is 1. The summed E-state index contributed by atoms with van der Waals surface area (Å²) in [6.45, 7) is 0. The molecule has 2 aromatic carbocycles. The van der Waals surface area contributed by atoms with Crippen molar-refractivity contribution in [3.05, 3.63) is 85.1 Å². The van der Waals surface area contributed by atoms with E-state index in [-0.39, 0.29) is 5.82 Å². The van der Waals surface area contributed by atoms with Crippen LogP contribution in [0.15, 0.2) is 79.3 Å². The van der Waals surface area contributed by atoms with Crippen LogP contribution in [0, 0.1) is 5.82 Å². The molecular formula is C20H14FN3. The van der Waals surface area contributed by atoms with Crippen molar-refractivity contribution in [2.24, 2.45) is 0 Å². The summed E-state index contributed by atoms with van der Waals surface area (Å²) in [5.74, 6) is -0.253. The summed E-state index contributed by atoms with van der Waals surface area (Å²) >= 11 is 0. The van der Waals surface area contributed by atoms with E-state index >= 15 is 0 Å². The first-order valence-corrected chi connectivity index (χ1v) is 7.62. The molecule has 0 aliphatic carbocycles. The van der Waals surface area contributed by atoms with Crippen molar-refractivity contribution in [1.29, 1.82) is 0 Å². The van der Waals surface area contributed by atoms with Gasteiger partial charge < -0.3 is 4.98 Å². The molecule has 0 spiro atoms. The predicted molar refractivity (Wildman–Crippen MR) is 92.6 cm³/mol. The number of benzene rings is 2. The van der Waals surface area contributed by atoms with E-state index in [4.69, 9.17) is 0 Å². The monoisotopic (exact) mass is 315 g/mol. The van der Waals surface area contributed by atoms with Crippen LogP contribution in [-0.2, 0) is 0 Å². The Kier molecular flexibility index (Phi) is 3.63. The minimum Gasteiger partial charge on any atom is -0.354 e. The van der Waals surface area contributed by atoms with Crippen molar-refractivity contribution in [3.8, 4) is 33.8 Å². The van der Waals surface area contributed by atoms with Crippen molar-refractivity contribution in [2.45, 2.75) is 0 Å². The molecule has 4 aromatic rings. The minimum absolute atomic E-state index is 0.253. The highest BCUT2D eigenvalue weighted by molar-refractivity contribution is 5.84. The maximum Gasteiger partial charge on any atom is 0.123 e. The van der Waals surface area contributed by atoms with E-state index in [1.165, 1.54) is 18.5 Å². The number of hydrogen-bond donors (Lipinski definition) is 1. The molecule has 3 nitrogen and oxygen atoms in total. The molecule has 24 heavy (non-hydrogen) atoms. The molecule has 0 aliphatic rings. The van der Waals surface area contributed by atoms with E-state index in [9.17, 15) is 4.39 Å². The van der Waals surface area contributed by atoms with Crippen molar-refractivity contribution in [1.82, 2.24) is 15.0 Å². The smallest absolute Gasteiger partial charge is 0.123 e. The zero-order chi connectivity index (χ0) is 16.4. The van der Waals surface area contributed by atoms with Gasteiger partial charge in [-0.15, -0.1) is 0 Å². The zero-order valence-corrected chi connectivity index (χ0v) is 12.8. The van der Waals surface area contributed by atoms with Gasteiger partial charge in [0, 0.05) is 17.5 Å². The number of rotatable bonds is 3. The Morgan fingerprint density at radius 2 is 1.62 bits per heavy atom. The van der Waals surface area contributed by atoms with Crippen LogP contribution in [0.25, 0.3) is 33.8 Å². The summed E-state index contributed by atoms with van der Waals surface area (Å²) in [6.07, 6.45) is 3.24. The molecule has 0 radical (unpaired) electrons. The highest BCUT2D eigenvalue weighted by Gasteiger charge is 2.14. The molecule has 0 unspecified atom stereocenters. The van der Waals surface area contributed by atoms with Crippen LogP contribution in [0.1, 0.15) is 0 Å². The highest BCUT2D eigenvalue weighted by Crippen LogP contribution is 2.34. The fraction of sp³-hybridized carbons (Fsp3) is 0. The van der Waals surface area contributed by atoms with E-state index in [0.717, 1.165) is 33.8 Å². The van der Waals surface area contributed by atoms with Crippen LogP contribution in [0.5, 0.6) is 0 Å². The van der Waals surface area contributed by atoms with E-state index < -0.39 is 0 Å². The van der Waals surface area contributed by atoms with Gasteiger partial charge in [0.2, 0.25) is 0 Å². The summed E-state index contributed by atoms with van der Waals surface area (Å²) in [5, 5.41) is 0. The largest absolute Gasteiger partial charge is 0.354 e. The Labute approximate surface area is 138 Å². The van der Waals surface area contributed by atoms with Crippen LogP contribution in [0.4, 0.5) is 4.39 Å². The third-order valence-electron chi connectivity index (χ3n) is 3.89. The normalized spacial score (nSPS) is 10.7. The summed E-state index contributed by atoms with van der Waals surface area (Å²) in [5.41, 5.74) is 5.68. The number of aromatic amines is 1. The molecule has 0 aliphatic heterocycles. The second-order valence-electron chi connectivity index (χ2n) is 5.44. The second kappa shape index (κ2) is 6.08. The molecule has 1 N–H and O–H groups in total. The van der Waals surface area contributed by atoms with Gasteiger partial charge in [0.05, 0.1) is 11.4 Å². The molecule has 0 atom stereocenters. The third-order valence-corrected chi connectivity index (χ3v) is 3.89. The Morgan fingerprint density at radius 3 is 2.33 bits per heavy atom. The second-order valence-corrected chi connectivity index (χ2v) is 5.44. The van der Waals surface area contributed by atoms with Crippen molar-refractivity contribution >= 4 is 0 Å². The third kappa shape index (κ3) is 2.70. The average molecular weight is 315 g/mol. The van der Waals surface area contributed by atoms with Crippen LogP contribution in [0.3, 0.4) is 0 Å². The number of nitrogens with one attached hydrogen (secondary N) is 1. The van der Waals surface area contributed by atoms with Gasteiger partial charge >= 0.3 is 0 Å².